The molecule has 2 rings (SSSR count). The van der Waals surface area contributed by atoms with Gasteiger partial charge in [-0.25, -0.2) is 0 Å². The van der Waals surface area contributed by atoms with E-state index >= 15 is 0 Å². The van der Waals surface area contributed by atoms with E-state index in [0.29, 0.717) is 36.3 Å². The Balaban J connectivity index is 0.00000288. The fourth-order valence-corrected chi connectivity index (χ4v) is 3.21. The molecule has 0 radical (unpaired) electrons. The second-order valence-electron chi connectivity index (χ2n) is 5.77. The SMILES string of the molecule is COc1cc(OC)c(OC)cc1CNC(=O)[C@@H]1CCC[C@@H]1CN.Cl. The minimum atomic E-state index is 0. The molecule has 0 aromatic heterocycles. The van der Waals surface area contributed by atoms with Crippen molar-refractivity contribution in [3.8, 4) is 17.2 Å². The average molecular weight is 359 g/mol. The second-order valence-corrected chi connectivity index (χ2v) is 5.77. The van der Waals surface area contributed by atoms with Gasteiger partial charge in [-0.2, -0.15) is 0 Å². The van der Waals surface area contributed by atoms with Crippen LogP contribution in [-0.4, -0.2) is 33.8 Å². The summed E-state index contributed by atoms with van der Waals surface area (Å²) in [4.78, 5) is 12.4. The van der Waals surface area contributed by atoms with Gasteiger partial charge in [0, 0.05) is 24.1 Å². The van der Waals surface area contributed by atoms with E-state index in [1.165, 1.54) is 0 Å². The topological polar surface area (TPSA) is 82.8 Å². The maximum atomic E-state index is 12.4. The van der Waals surface area contributed by atoms with Gasteiger partial charge >= 0.3 is 0 Å². The van der Waals surface area contributed by atoms with Crippen molar-refractivity contribution < 1.29 is 19.0 Å². The van der Waals surface area contributed by atoms with Crippen LogP contribution in [-0.2, 0) is 11.3 Å². The van der Waals surface area contributed by atoms with Crippen LogP contribution in [0.1, 0.15) is 24.8 Å². The Morgan fingerprint density at radius 3 is 2.33 bits per heavy atom. The van der Waals surface area contributed by atoms with E-state index in [2.05, 4.69) is 5.32 Å². The number of carbonyl (C=O) groups excluding carboxylic acids is 1. The summed E-state index contributed by atoms with van der Waals surface area (Å²) in [6.45, 7) is 0.952. The van der Waals surface area contributed by atoms with Crippen LogP contribution in [0.2, 0.25) is 0 Å². The first-order valence-corrected chi connectivity index (χ1v) is 7.91. The summed E-state index contributed by atoms with van der Waals surface area (Å²) < 4.78 is 16.0. The normalized spacial score (nSPS) is 19.3. The molecule has 24 heavy (non-hydrogen) atoms. The highest BCUT2D eigenvalue weighted by atomic mass is 35.5. The van der Waals surface area contributed by atoms with E-state index in [1.807, 2.05) is 6.07 Å². The first-order valence-electron chi connectivity index (χ1n) is 7.91. The number of hydrogen-bond donors (Lipinski definition) is 2. The van der Waals surface area contributed by atoms with Gasteiger partial charge in [-0.1, -0.05) is 6.42 Å². The molecule has 0 heterocycles. The van der Waals surface area contributed by atoms with Crippen LogP contribution in [0.25, 0.3) is 0 Å². The third-order valence-corrected chi connectivity index (χ3v) is 4.54. The van der Waals surface area contributed by atoms with Crippen LogP contribution < -0.4 is 25.3 Å². The van der Waals surface area contributed by atoms with Crippen molar-refractivity contribution in [3.05, 3.63) is 17.7 Å². The third-order valence-electron chi connectivity index (χ3n) is 4.54. The lowest BCUT2D eigenvalue weighted by Crippen LogP contribution is -2.34. The molecule has 0 saturated heterocycles. The van der Waals surface area contributed by atoms with Crippen molar-refractivity contribution in [3.63, 3.8) is 0 Å². The molecule has 1 aliphatic rings. The van der Waals surface area contributed by atoms with Crippen molar-refractivity contribution in [1.82, 2.24) is 5.32 Å². The highest BCUT2D eigenvalue weighted by Crippen LogP contribution is 2.35. The number of hydrogen-bond acceptors (Lipinski definition) is 5. The predicted molar refractivity (Wildman–Crippen MR) is 95.1 cm³/mol. The highest BCUT2D eigenvalue weighted by Gasteiger charge is 2.31. The fourth-order valence-electron chi connectivity index (χ4n) is 3.21. The Bertz CT molecular complexity index is 554. The summed E-state index contributed by atoms with van der Waals surface area (Å²) in [5.41, 5.74) is 6.60. The lowest BCUT2D eigenvalue weighted by atomic mass is 9.95. The molecule has 1 amide bonds. The first kappa shape index (κ1) is 20.4. The maximum absolute atomic E-state index is 12.4. The number of amides is 1. The maximum Gasteiger partial charge on any atom is 0.223 e. The van der Waals surface area contributed by atoms with Crippen molar-refractivity contribution in [2.24, 2.45) is 17.6 Å². The van der Waals surface area contributed by atoms with Gasteiger partial charge in [0.05, 0.1) is 21.3 Å². The largest absolute Gasteiger partial charge is 0.496 e. The van der Waals surface area contributed by atoms with Crippen LogP contribution in [0, 0.1) is 11.8 Å². The van der Waals surface area contributed by atoms with Gasteiger partial charge in [-0.05, 0) is 31.4 Å². The molecule has 7 heteroatoms. The molecular weight excluding hydrogens is 332 g/mol. The standard InChI is InChI=1S/C17H26N2O4.ClH/c1-21-14-8-16(23-3)15(22-2)7-12(14)10-19-17(20)13-6-4-5-11(13)9-18;/h7-8,11,13H,4-6,9-10,18H2,1-3H3,(H,19,20);1H/t11-,13-;/m1./s1. The van der Waals surface area contributed by atoms with Crippen molar-refractivity contribution in [1.29, 1.82) is 0 Å². The molecule has 0 bridgehead atoms. The molecule has 0 unspecified atom stereocenters. The van der Waals surface area contributed by atoms with Crippen molar-refractivity contribution in [2.75, 3.05) is 27.9 Å². The minimum Gasteiger partial charge on any atom is -0.496 e. The number of halogens is 1. The molecule has 1 saturated carbocycles. The van der Waals surface area contributed by atoms with Gasteiger partial charge < -0.3 is 25.3 Å². The quantitative estimate of drug-likeness (QED) is 0.780. The van der Waals surface area contributed by atoms with E-state index in [1.54, 1.807) is 27.4 Å². The van der Waals surface area contributed by atoms with Crippen LogP contribution in [0.5, 0.6) is 17.2 Å². The van der Waals surface area contributed by atoms with Gasteiger partial charge in [0.25, 0.3) is 0 Å². The summed E-state index contributed by atoms with van der Waals surface area (Å²) in [5.74, 6) is 2.24. The molecule has 2 atom stereocenters. The lowest BCUT2D eigenvalue weighted by molar-refractivity contribution is -0.126. The molecule has 1 aromatic rings. The zero-order valence-corrected chi connectivity index (χ0v) is 15.3. The number of methoxy groups -OCH3 is 3. The summed E-state index contributed by atoms with van der Waals surface area (Å²) in [7, 11) is 4.75. The van der Waals surface area contributed by atoms with E-state index < -0.39 is 0 Å². The highest BCUT2D eigenvalue weighted by molar-refractivity contribution is 5.85. The summed E-state index contributed by atoms with van der Waals surface area (Å²) in [6.07, 6.45) is 3.02. The molecule has 0 spiro atoms. The average Bonchev–Trinajstić information content (AvgIpc) is 3.07. The smallest absolute Gasteiger partial charge is 0.223 e. The number of ether oxygens (including phenoxy) is 3. The Hall–Kier alpha value is -1.66. The van der Waals surface area contributed by atoms with Gasteiger partial charge in [-0.3, -0.25) is 4.79 Å². The van der Waals surface area contributed by atoms with Crippen LogP contribution >= 0.6 is 12.4 Å². The molecular formula is C17H27ClN2O4. The molecule has 1 fully saturated rings. The zero-order valence-electron chi connectivity index (χ0n) is 14.5. The summed E-state index contributed by atoms with van der Waals surface area (Å²) >= 11 is 0. The van der Waals surface area contributed by atoms with Crippen LogP contribution in [0.3, 0.4) is 0 Å². The molecule has 6 nitrogen and oxygen atoms in total. The number of nitrogens with one attached hydrogen (secondary N) is 1. The minimum absolute atomic E-state index is 0. The Morgan fingerprint density at radius 2 is 1.75 bits per heavy atom. The van der Waals surface area contributed by atoms with E-state index in [4.69, 9.17) is 19.9 Å². The van der Waals surface area contributed by atoms with Gasteiger partial charge in [0.2, 0.25) is 5.91 Å². The van der Waals surface area contributed by atoms with E-state index in [9.17, 15) is 4.79 Å². The summed E-state index contributed by atoms with van der Waals surface area (Å²) in [5, 5.41) is 3.00. The predicted octanol–water partition coefficient (Wildman–Crippen LogP) is 2.13. The number of carbonyl (C=O) groups is 1. The number of rotatable bonds is 7. The molecule has 1 aliphatic carbocycles. The second kappa shape index (κ2) is 9.59. The van der Waals surface area contributed by atoms with Crippen LogP contribution in [0.15, 0.2) is 12.1 Å². The number of nitrogens with two attached hydrogens (primary N) is 1. The molecule has 0 aliphatic heterocycles. The van der Waals surface area contributed by atoms with Crippen molar-refractivity contribution in [2.45, 2.75) is 25.8 Å². The third kappa shape index (κ3) is 4.45. The first-order chi connectivity index (χ1) is 11.1. The number of benzene rings is 1. The lowest BCUT2D eigenvalue weighted by Gasteiger charge is -2.19. The summed E-state index contributed by atoms with van der Waals surface area (Å²) in [6, 6.07) is 3.59. The van der Waals surface area contributed by atoms with Gasteiger partial charge in [0.1, 0.15) is 5.75 Å². The zero-order chi connectivity index (χ0) is 16.8. The van der Waals surface area contributed by atoms with Gasteiger partial charge in [0.15, 0.2) is 11.5 Å². The fraction of sp³-hybridized carbons (Fsp3) is 0.588. The van der Waals surface area contributed by atoms with E-state index in [0.717, 1.165) is 24.8 Å². The van der Waals surface area contributed by atoms with Crippen LogP contribution in [0.4, 0.5) is 0 Å². The van der Waals surface area contributed by atoms with Gasteiger partial charge in [-0.15, -0.1) is 12.4 Å². The molecule has 1 aromatic carbocycles. The Labute approximate surface area is 149 Å². The van der Waals surface area contributed by atoms with E-state index in [-0.39, 0.29) is 24.2 Å². The Kier molecular flexibility index (Phi) is 8.15. The Morgan fingerprint density at radius 1 is 1.12 bits per heavy atom. The molecule has 3 N–H and O–H groups in total. The monoisotopic (exact) mass is 358 g/mol. The van der Waals surface area contributed by atoms with Crippen molar-refractivity contribution >= 4 is 18.3 Å². The molecule has 136 valence electrons.